The van der Waals surface area contributed by atoms with Crippen molar-refractivity contribution in [1.82, 2.24) is 10.2 Å². The fourth-order valence-corrected chi connectivity index (χ4v) is 4.03. The third-order valence-electron chi connectivity index (χ3n) is 5.01. The van der Waals surface area contributed by atoms with Crippen LogP contribution in [0, 0.1) is 5.82 Å². The number of rotatable bonds is 6. The first-order valence-electron chi connectivity index (χ1n) is 7.87. The molecular weight excluding hydrogens is 331 g/mol. The van der Waals surface area contributed by atoms with Gasteiger partial charge in [-0.2, -0.15) is 0 Å². The van der Waals surface area contributed by atoms with Gasteiger partial charge in [-0.3, -0.25) is 4.90 Å². The summed E-state index contributed by atoms with van der Waals surface area (Å²) < 4.78 is 14.4. The number of likely N-dealkylation sites (N-methyl/N-ethyl adjacent to an activating group) is 1. The van der Waals surface area contributed by atoms with E-state index in [1.54, 1.807) is 6.07 Å². The number of hydrogen-bond donors (Lipinski definition) is 1. The molecule has 1 aromatic carbocycles. The lowest BCUT2D eigenvalue weighted by Crippen LogP contribution is -2.58. The van der Waals surface area contributed by atoms with E-state index in [9.17, 15) is 4.39 Å². The van der Waals surface area contributed by atoms with E-state index in [1.165, 1.54) is 32.0 Å². The van der Waals surface area contributed by atoms with Gasteiger partial charge in [0.15, 0.2) is 0 Å². The Morgan fingerprint density at radius 3 is 2.52 bits per heavy atom. The molecule has 1 aliphatic rings. The predicted molar refractivity (Wildman–Crippen MR) is 90.2 cm³/mol. The number of nitrogens with one attached hydrogen (secondary N) is 1. The summed E-state index contributed by atoms with van der Waals surface area (Å²) >= 11 is 3.39. The Balaban J connectivity index is 2.20. The van der Waals surface area contributed by atoms with Crippen LogP contribution in [0.5, 0.6) is 0 Å². The molecule has 1 aromatic rings. The van der Waals surface area contributed by atoms with Gasteiger partial charge >= 0.3 is 0 Å². The lowest BCUT2D eigenvalue weighted by molar-refractivity contribution is 0.0873. The van der Waals surface area contributed by atoms with Crippen molar-refractivity contribution in [1.29, 1.82) is 0 Å². The third kappa shape index (κ3) is 3.85. The van der Waals surface area contributed by atoms with Crippen molar-refractivity contribution in [3.8, 4) is 0 Å². The fourth-order valence-electron chi connectivity index (χ4n) is 3.52. The molecule has 0 aromatic heterocycles. The second-order valence-corrected chi connectivity index (χ2v) is 7.14. The van der Waals surface area contributed by atoms with E-state index < -0.39 is 0 Å². The Morgan fingerprint density at radius 2 is 2.00 bits per heavy atom. The molecule has 0 saturated carbocycles. The van der Waals surface area contributed by atoms with Gasteiger partial charge in [0.2, 0.25) is 0 Å². The average Bonchev–Trinajstić information content (AvgIpc) is 2.97. The van der Waals surface area contributed by atoms with Crippen LogP contribution in [0.15, 0.2) is 22.7 Å². The van der Waals surface area contributed by atoms with E-state index in [0.29, 0.717) is 6.04 Å². The summed E-state index contributed by atoms with van der Waals surface area (Å²) in [5.74, 6) is -0.173. The van der Waals surface area contributed by atoms with Crippen molar-refractivity contribution in [3.05, 3.63) is 34.1 Å². The SMILES string of the molecule is CCC(C)(C(Cc1cc(F)cc(Br)c1)NC)N1CCCC1. The molecule has 0 amide bonds. The summed E-state index contributed by atoms with van der Waals surface area (Å²) in [6.45, 7) is 6.95. The van der Waals surface area contributed by atoms with E-state index >= 15 is 0 Å². The first-order chi connectivity index (χ1) is 9.99. The first kappa shape index (κ1) is 16.9. The van der Waals surface area contributed by atoms with Gasteiger partial charge in [-0.25, -0.2) is 4.39 Å². The summed E-state index contributed by atoms with van der Waals surface area (Å²) in [6.07, 6.45) is 4.51. The molecule has 118 valence electrons. The minimum absolute atomic E-state index is 0.115. The highest BCUT2D eigenvalue weighted by atomic mass is 79.9. The van der Waals surface area contributed by atoms with E-state index in [4.69, 9.17) is 0 Å². The number of halogens is 2. The van der Waals surface area contributed by atoms with Gasteiger partial charge in [0, 0.05) is 16.1 Å². The quantitative estimate of drug-likeness (QED) is 0.828. The lowest BCUT2D eigenvalue weighted by Gasteiger charge is -2.44. The zero-order chi connectivity index (χ0) is 15.5. The molecule has 1 heterocycles. The van der Waals surface area contributed by atoms with Crippen LogP contribution in [0.4, 0.5) is 4.39 Å². The Kier molecular flexibility index (Phi) is 5.81. The summed E-state index contributed by atoms with van der Waals surface area (Å²) in [4.78, 5) is 2.60. The molecule has 1 N–H and O–H groups in total. The van der Waals surface area contributed by atoms with Crippen LogP contribution in [0.25, 0.3) is 0 Å². The van der Waals surface area contributed by atoms with Crippen molar-refractivity contribution < 1.29 is 4.39 Å². The summed E-state index contributed by atoms with van der Waals surface area (Å²) in [5, 5.41) is 3.48. The predicted octanol–water partition coefficient (Wildman–Crippen LogP) is 3.98. The maximum Gasteiger partial charge on any atom is 0.124 e. The van der Waals surface area contributed by atoms with Crippen LogP contribution in [-0.2, 0) is 6.42 Å². The Labute approximate surface area is 136 Å². The molecule has 0 radical (unpaired) electrons. The van der Waals surface area contributed by atoms with Gasteiger partial charge in [0.25, 0.3) is 0 Å². The molecule has 2 nitrogen and oxygen atoms in total. The molecule has 1 saturated heterocycles. The minimum atomic E-state index is -0.173. The number of benzene rings is 1. The number of nitrogens with zero attached hydrogens (tertiary/aromatic N) is 1. The molecule has 0 bridgehead atoms. The van der Waals surface area contributed by atoms with Gasteiger partial charge in [-0.1, -0.05) is 22.9 Å². The molecule has 1 fully saturated rings. The molecular formula is C17H26BrFN2. The fraction of sp³-hybridized carbons (Fsp3) is 0.647. The third-order valence-corrected chi connectivity index (χ3v) is 5.46. The highest BCUT2D eigenvalue weighted by Crippen LogP contribution is 2.30. The van der Waals surface area contributed by atoms with Crippen molar-refractivity contribution in [2.45, 2.75) is 51.1 Å². The van der Waals surface area contributed by atoms with Crippen molar-refractivity contribution in [2.75, 3.05) is 20.1 Å². The summed E-state index contributed by atoms with van der Waals surface area (Å²) in [7, 11) is 2.02. The van der Waals surface area contributed by atoms with Crippen LogP contribution in [0.2, 0.25) is 0 Å². The Hall–Kier alpha value is -0.450. The standard InChI is InChI=1S/C17H26BrFN2/c1-4-17(2,21-7-5-6-8-21)16(20-3)11-13-9-14(18)12-15(19)10-13/h9-10,12,16,20H,4-8,11H2,1-3H3. The maximum absolute atomic E-state index is 13.6. The number of hydrogen-bond acceptors (Lipinski definition) is 2. The van der Waals surface area contributed by atoms with Gasteiger partial charge < -0.3 is 5.32 Å². The van der Waals surface area contributed by atoms with Gasteiger partial charge in [-0.15, -0.1) is 0 Å². The zero-order valence-electron chi connectivity index (χ0n) is 13.3. The molecule has 2 unspecified atom stereocenters. The molecule has 0 spiro atoms. The normalized spacial score (nSPS) is 20.4. The molecule has 0 aliphatic carbocycles. The van der Waals surface area contributed by atoms with Crippen LogP contribution < -0.4 is 5.32 Å². The average molecular weight is 357 g/mol. The molecule has 4 heteroatoms. The van der Waals surface area contributed by atoms with E-state index in [2.05, 4.69) is 40.0 Å². The van der Waals surface area contributed by atoms with Crippen LogP contribution >= 0.6 is 15.9 Å². The second-order valence-electron chi connectivity index (χ2n) is 6.23. The Bertz CT molecular complexity index is 454. The molecule has 21 heavy (non-hydrogen) atoms. The van der Waals surface area contributed by atoms with Crippen molar-refractivity contribution >= 4 is 15.9 Å². The van der Waals surface area contributed by atoms with Gasteiger partial charge in [-0.05, 0) is 76.5 Å². The van der Waals surface area contributed by atoms with Crippen LogP contribution in [0.3, 0.4) is 0 Å². The number of likely N-dealkylation sites (tertiary alicyclic amines) is 1. The minimum Gasteiger partial charge on any atom is -0.315 e. The molecule has 2 atom stereocenters. The van der Waals surface area contributed by atoms with Crippen molar-refractivity contribution in [3.63, 3.8) is 0 Å². The lowest BCUT2D eigenvalue weighted by atomic mass is 9.83. The summed E-state index contributed by atoms with van der Waals surface area (Å²) in [6, 6.07) is 5.49. The summed E-state index contributed by atoms with van der Waals surface area (Å²) in [5.41, 5.74) is 1.16. The van der Waals surface area contributed by atoms with E-state index in [0.717, 1.165) is 22.9 Å². The van der Waals surface area contributed by atoms with E-state index in [1.807, 2.05) is 13.1 Å². The molecule has 2 rings (SSSR count). The van der Waals surface area contributed by atoms with Crippen LogP contribution in [0.1, 0.15) is 38.7 Å². The smallest absolute Gasteiger partial charge is 0.124 e. The topological polar surface area (TPSA) is 15.3 Å². The van der Waals surface area contributed by atoms with Gasteiger partial charge in [0.1, 0.15) is 5.82 Å². The monoisotopic (exact) mass is 356 g/mol. The maximum atomic E-state index is 13.6. The first-order valence-corrected chi connectivity index (χ1v) is 8.66. The highest BCUT2D eigenvalue weighted by molar-refractivity contribution is 9.10. The highest BCUT2D eigenvalue weighted by Gasteiger charge is 2.38. The molecule has 1 aliphatic heterocycles. The zero-order valence-corrected chi connectivity index (χ0v) is 14.8. The second kappa shape index (κ2) is 7.21. The largest absolute Gasteiger partial charge is 0.315 e. The Morgan fingerprint density at radius 1 is 1.33 bits per heavy atom. The van der Waals surface area contributed by atoms with E-state index in [-0.39, 0.29) is 11.4 Å². The van der Waals surface area contributed by atoms with Crippen LogP contribution in [-0.4, -0.2) is 36.6 Å². The van der Waals surface area contributed by atoms with Crippen molar-refractivity contribution in [2.24, 2.45) is 0 Å². The van der Waals surface area contributed by atoms with Gasteiger partial charge in [0.05, 0.1) is 0 Å².